The number of nitrogens with zero attached hydrogens (tertiary/aromatic N) is 2. The SMILES string of the molecule is CN(Cc1ccnc(CN)c1)Cc1cccs1. The zero-order valence-corrected chi connectivity index (χ0v) is 10.8. The summed E-state index contributed by atoms with van der Waals surface area (Å²) in [6.07, 6.45) is 1.83. The van der Waals surface area contributed by atoms with Gasteiger partial charge < -0.3 is 5.73 Å². The van der Waals surface area contributed by atoms with Gasteiger partial charge in [0.2, 0.25) is 0 Å². The van der Waals surface area contributed by atoms with E-state index in [9.17, 15) is 0 Å². The molecule has 0 aliphatic rings. The van der Waals surface area contributed by atoms with Gasteiger partial charge in [0.15, 0.2) is 0 Å². The highest BCUT2D eigenvalue weighted by molar-refractivity contribution is 7.09. The maximum absolute atomic E-state index is 5.58. The molecule has 90 valence electrons. The fraction of sp³-hybridized carbons (Fsp3) is 0.308. The van der Waals surface area contributed by atoms with Gasteiger partial charge in [0.1, 0.15) is 0 Å². The van der Waals surface area contributed by atoms with Crippen molar-refractivity contribution in [2.75, 3.05) is 7.05 Å². The predicted molar refractivity (Wildman–Crippen MR) is 71.6 cm³/mol. The van der Waals surface area contributed by atoms with Gasteiger partial charge in [-0.3, -0.25) is 9.88 Å². The Morgan fingerprint density at radius 1 is 1.35 bits per heavy atom. The molecule has 0 radical (unpaired) electrons. The van der Waals surface area contributed by atoms with Crippen LogP contribution in [0.25, 0.3) is 0 Å². The van der Waals surface area contributed by atoms with Crippen LogP contribution in [-0.4, -0.2) is 16.9 Å². The number of aromatic nitrogens is 1. The highest BCUT2D eigenvalue weighted by Crippen LogP contribution is 2.13. The van der Waals surface area contributed by atoms with Gasteiger partial charge in [0.05, 0.1) is 5.69 Å². The summed E-state index contributed by atoms with van der Waals surface area (Å²) >= 11 is 1.80. The van der Waals surface area contributed by atoms with E-state index in [-0.39, 0.29) is 0 Å². The van der Waals surface area contributed by atoms with Crippen molar-refractivity contribution in [3.05, 3.63) is 52.0 Å². The lowest BCUT2D eigenvalue weighted by Gasteiger charge is -2.15. The Morgan fingerprint density at radius 3 is 2.94 bits per heavy atom. The van der Waals surface area contributed by atoms with Gasteiger partial charge in [-0.05, 0) is 36.2 Å². The fourth-order valence-electron chi connectivity index (χ4n) is 1.77. The average Bonchev–Trinajstić information content (AvgIpc) is 2.82. The summed E-state index contributed by atoms with van der Waals surface area (Å²) in [6, 6.07) is 8.38. The van der Waals surface area contributed by atoms with E-state index in [2.05, 4.69) is 40.5 Å². The monoisotopic (exact) mass is 247 g/mol. The molecule has 3 nitrogen and oxygen atoms in total. The zero-order chi connectivity index (χ0) is 12.1. The first-order chi connectivity index (χ1) is 8.28. The molecule has 2 aromatic rings. The number of thiophene rings is 1. The highest BCUT2D eigenvalue weighted by Gasteiger charge is 2.03. The lowest BCUT2D eigenvalue weighted by molar-refractivity contribution is 0.322. The maximum atomic E-state index is 5.58. The van der Waals surface area contributed by atoms with Crippen LogP contribution in [-0.2, 0) is 19.6 Å². The summed E-state index contributed by atoms with van der Waals surface area (Å²) in [4.78, 5) is 7.88. The van der Waals surface area contributed by atoms with Crippen LogP contribution in [0.3, 0.4) is 0 Å². The number of rotatable bonds is 5. The Balaban J connectivity index is 1.95. The average molecular weight is 247 g/mol. The molecule has 0 spiro atoms. The van der Waals surface area contributed by atoms with Gasteiger partial charge in [-0.25, -0.2) is 0 Å². The van der Waals surface area contributed by atoms with Crippen molar-refractivity contribution >= 4 is 11.3 Å². The van der Waals surface area contributed by atoms with Crippen molar-refractivity contribution in [3.63, 3.8) is 0 Å². The van der Waals surface area contributed by atoms with E-state index in [1.807, 2.05) is 12.3 Å². The summed E-state index contributed by atoms with van der Waals surface area (Å²) in [5.74, 6) is 0. The van der Waals surface area contributed by atoms with Crippen LogP contribution in [0.2, 0.25) is 0 Å². The van der Waals surface area contributed by atoms with E-state index >= 15 is 0 Å². The lowest BCUT2D eigenvalue weighted by atomic mass is 10.2. The molecular formula is C13H17N3S. The number of pyridine rings is 1. The topological polar surface area (TPSA) is 42.2 Å². The Hall–Kier alpha value is -1.23. The Morgan fingerprint density at radius 2 is 2.24 bits per heavy atom. The summed E-state index contributed by atoms with van der Waals surface area (Å²) < 4.78 is 0. The second-order valence-electron chi connectivity index (χ2n) is 4.11. The van der Waals surface area contributed by atoms with Gasteiger partial charge in [0.25, 0.3) is 0 Å². The molecule has 0 aromatic carbocycles. The van der Waals surface area contributed by atoms with E-state index < -0.39 is 0 Å². The Labute approximate surface area is 106 Å². The first kappa shape index (κ1) is 12.2. The van der Waals surface area contributed by atoms with Gasteiger partial charge in [-0.1, -0.05) is 6.07 Å². The summed E-state index contributed by atoms with van der Waals surface area (Å²) in [6.45, 7) is 2.41. The van der Waals surface area contributed by atoms with E-state index in [0.29, 0.717) is 6.54 Å². The van der Waals surface area contributed by atoms with Crippen molar-refractivity contribution in [1.82, 2.24) is 9.88 Å². The van der Waals surface area contributed by atoms with Gasteiger partial charge >= 0.3 is 0 Å². The minimum atomic E-state index is 0.502. The number of hydrogen-bond acceptors (Lipinski definition) is 4. The molecule has 0 unspecified atom stereocenters. The van der Waals surface area contributed by atoms with Crippen LogP contribution in [0.4, 0.5) is 0 Å². The van der Waals surface area contributed by atoms with E-state index in [0.717, 1.165) is 18.8 Å². The third-order valence-corrected chi connectivity index (χ3v) is 3.41. The van der Waals surface area contributed by atoms with Crippen LogP contribution in [0, 0.1) is 0 Å². The van der Waals surface area contributed by atoms with Gasteiger partial charge in [-0.2, -0.15) is 0 Å². The minimum Gasteiger partial charge on any atom is -0.325 e. The van der Waals surface area contributed by atoms with Gasteiger partial charge in [-0.15, -0.1) is 11.3 Å². The molecule has 17 heavy (non-hydrogen) atoms. The van der Waals surface area contributed by atoms with Crippen LogP contribution < -0.4 is 5.73 Å². The molecule has 4 heteroatoms. The molecule has 0 aliphatic heterocycles. The molecule has 0 fully saturated rings. The molecule has 2 aromatic heterocycles. The third-order valence-electron chi connectivity index (χ3n) is 2.55. The largest absolute Gasteiger partial charge is 0.325 e. The number of nitrogens with two attached hydrogens (primary N) is 1. The highest BCUT2D eigenvalue weighted by atomic mass is 32.1. The summed E-state index contributed by atoms with van der Waals surface area (Å²) in [5.41, 5.74) is 7.80. The van der Waals surface area contributed by atoms with Crippen LogP contribution in [0.5, 0.6) is 0 Å². The smallest absolute Gasteiger partial charge is 0.0542 e. The van der Waals surface area contributed by atoms with E-state index in [1.165, 1.54) is 10.4 Å². The molecule has 0 aliphatic carbocycles. The Bertz CT molecular complexity index is 453. The van der Waals surface area contributed by atoms with E-state index in [1.54, 1.807) is 11.3 Å². The second kappa shape index (κ2) is 5.91. The van der Waals surface area contributed by atoms with Crippen LogP contribution in [0.15, 0.2) is 35.8 Å². The quantitative estimate of drug-likeness (QED) is 0.881. The minimum absolute atomic E-state index is 0.502. The molecule has 0 saturated carbocycles. The maximum Gasteiger partial charge on any atom is 0.0542 e. The molecule has 0 saturated heterocycles. The van der Waals surface area contributed by atoms with E-state index in [4.69, 9.17) is 5.73 Å². The van der Waals surface area contributed by atoms with Crippen LogP contribution >= 0.6 is 11.3 Å². The molecule has 2 rings (SSSR count). The second-order valence-corrected chi connectivity index (χ2v) is 5.14. The van der Waals surface area contributed by atoms with Crippen molar-refractivity contribution < 1.29 is 0 Å². The zero-order valence-electron chi connectivity index (χ0n) is 9.97. The fourth-order valence-corrected chi connectivity index (χ4v) is 2.56. The molecule has 2 N–H and O–H groups in total. The summed E-state index contributed by atoms with van der Waals surface area (Å²) in [5, 5.41) is 2.11. The lowest BCUT2D eigenvalue weighted by Crippen LogP contribution is -2.16. The molecule has 0 amide bonds. The van der Waals surface area contributed by atoms with Crippen LogP contribution in [0.1, 0.15) is 16.1 Å². The molecule has 0 atom stereocenters. The third kappa shape index (κ3) is 3.63. The number of hydrogen-bond donors (Lipinski definition) is 1. The van der Waals surface area contributed by atoms with Crippen molar-refractivity contribution in [3.8, 4) is 0 Å². The first-order valence-corrected chi connectivity index (χ1v) is 6.50. The van der Waals surface area contributed by atoms with Crippen molar-refractivity contribution in [2.45, 2.75) is 19.6 Å². The van der Waals surface area contributed by atoms with Crippen molar-refractivity contribution in [2.24, 2.45) is 5.73 Å². The molecule has 2 heterocycles. The Kier molecular flexibility index (Phi) is 4.25. The first-order valence-electron chi connectivity index (χ1n) is 5.62. The molecule has 0 bridgehead atoms. The standard InChI is InChI=1S/C13H17N3S/c1-16(10-13-3-2-6-17-13)9-11-4-5-15-12(7-11)8-14/h2-7H,8-10,14H2,1H3. The molecular weight excluding hydrogens is 230 g/mol. The summed E-state index contributed by atoms with van der Waals surface area (Å²) in [7, 11) is 2.13. The van der Waals surface area contributed by atoms with Gasteiger partial charge in [0, 0.05) is 30.7 Å². The predicted octanol–water partition coefficient (Wildman–Crippen LogP) is 2.23. The van der Waals surface area contributed by atoms with Crippen molar-refractivity contribution in [1.29, 1.82) is 0 Å². The normalized spacial score (nSPS) is 11.0.